The molecule has 19 heavy (non-hydrogen) atoms. The first kappa shape index (κ1) is 12.0. The van der Waals surface area contributed by atoms with Crippen LogP contribution in [0.15, 0.2) is 12.1 Å². The number of hydrogen-bond acceptors (Lipinski definition) is 5. The average molecular weight is 260 g/mol. The fraction of sp³-hybridized carbons (Fsp3) is 0.429. The first-order valence-electron chi connectivity index (χ1n) is 6.35. The molecule has 0 aliphatic heterocycles. The zero-order valence-electron chi connectivity index (χ0n) is 11.0. The van der Waals surface area contributed by atoms with Gasteiger partial charge in [-0.1, -0.05) is 6.42 Å². The van der Waals surface area contributed by atoms with Gasteiger partial charge in [-0.25, -0.2) is 4.98 Å². The van der Waals surface area contributed by atoms with Crippen molar-refractivity contribution >= 4 is 10.9 Å². The van der Waals surface area contributed by atoms with Gasteiger partial charge in [0.1, 0.15) is 5.82 Å². The van der Waals surface area contributed by atoms with Crippen LogP contribution in [0.1, 0.15) is 31.0 Å². The van der Waals surface area contributed by atoms with Crippen molar-refractivity contribution < 1.29 is 14.6 Å². The lowest BCUT2D eigenvalue weighted by atomic mass is 9.85. The number of aromatic nitrogens is 2. The summed E-state index contributed by atoms with van der Waals surface area (Å²) in [6, 6.07) is 3.48. The quantitative estimate of drug-likeness (QED) is 0.919. The molecule has 2 aromatic rings. The monoisotopic (exact) mass is 260 g/mol. The van der Waals surface area contributed by atoms with Crippen molar-refractivity contribution in [2.75, 3.05) is 14.2 Å². The molecule has 100 valence electrons. The largest absolute Gasteiger partial charge is 0.493 e. The first-order chi connectivity index (χ1) is 9.22. The van der Waals surface area contributed by atoms with Gasteiger partial charge in [0, 0.05) is 12.0 Å². The number of hydrogen-bond donors (Lipinski definition) is 1. The van der Waals surface area contributed by atoms with Gasteiger partial charge in [-0.15, -0.1) is 0 Å². The molecule has 1 aromatic heterocycles. The number of ether oxygens (including phenoxy) is 2. The smallest absolute Gasteiger partial charge is 0.222 e. The summed E-state index contributed by atoms with van der Waals surface area (Å²) in [6.07, 6.45) is 3.40. The summed E-state index contributed by atoms with van der Waals surface area (Å²) in [5.74, 6) is 2.28. The Hall–Kier alpha value is -2.04. The molecule has 0 saturated heterocycles. The van der Waals surface area contributed by atoms with Gasteiger partial charge >= 0.3 is 0 Å². The Morgan fingerprint density at radius 1 is 1.11 bits per heavy atom. The Morgan fingerprint density at radius 2 is 1.79 bits per heavy atom. The minimum atomic E-state index is 0.00727. The highest BCUT2D eigenvalue weighted by Gasteiger charge is 2.24. The van der Waals surface area contributed by atoms with Crippen LogP contribution in [0, 0.1) is 0 Å². The lowest BCUT2D eigenvalue weighted by Gasteiger charge is -2.24. The number of nitrogens with zero attached hydrogens (tertiary/aromatic N) is 2. The molecule has 0 atom stereocenters. The molecule has 1 N–H and O–H groups in total. The van der Waals surface area contributed by atoms with Crippen molar-refractivity contribution in [3.05, 3.63) is 18.0 Å². The predicted molar refractivity (Wildman–Crippen MR) is 70.9 cm³/mol. The molecule has 3 rings (SSSR count). The van der Waals surface area contributed by atoms with Crippen LogP contribution in [0.2, 0.25) is 0 Å². The number of rotatable bonds is 3. The van der Waals surface area contributed by atoms with Gasteiger partial charge in [-0.3, -0.25) is 0 Å². The molecule has 0 spiro atoms. The Labute approximate surface area is 111 Å². The summed E-state index contributed by atoms with van der Waals surface area (Å²) in [7, 11) is 3.14. The third-order valence-corrected chi connectivity index (χ3v) is 3.67. The van der Waals surface area contributed by atoms with Gasteiger partial charge in [-0.05, 0) is 18.9 Å². The van der Waals surface area contributed by atoms with Crippen LogP contribution in [0.25, 0.3) is 10.9 Å². The summed E-state index contributed by atoms with van der Waals surface area (Å²) in [5, 5.41) is 10.6. The number of benzene rings is 1. The second-order valence-electron chi connectivity index (χ2n) is 4.76. The lowest BCUT2D eigenvalue weighted by Crippen LogP contribution is -2.12. The maximum Gasteiger partial charge on any atom is 0.222 e. The van der Waals surface area contributed by atoms with E-state index in [-0.39, 0.29) is 5.88 Å². The van der Waals surface area contributed by atoms with E-state index < -0.39 is 0 Å². The summed E-state index contributed by atoms with van der Waals surface area (Å²) in [6.45, 7) is 0. The van der Waals surface area contributed by atoms with Crippen LogP contribution < -0.4 is 9.47 Å². The first-order valence-corrected chi connectivity index (χ1v) is 6.35. The highest BCUT2D eigenvalue weighted by atomic mass is 16.5. The molecule has 1 fully saturated rings. The Kier molecular flexibility index (Phi) is 2.89. The second kappa shape index (κ2) is 4.57. The maximum atomic E-state index is 10.1. The van der Waals surface area contributed by atoms with E-state index in [0.717, 1.165) is 18.7 Å². The average Bonchev–Trinajstić information content (AvgIpc) is 2.35. The molecule has 1 saturated carbocycles. The standard InChI is InChI=1S/C14H16N2O3/c1-18-11-6-9-10(7-12(11)19-2)15-13(16-14(9)17)8-4-3-5-8/h6-8H,3-5H2,1-2H3,(H,15,16,17). The van der Waals surface area contributed by atoms with E-state index in [1.54, 1.807) is 26.4 Å². The van der Waals surface area contributed by atoms with Gasteiger partial charge in [-0.2, -0.15) is 4.98 Å². The molecule has 1 aliphatic rings. The number of methoxy groups -OCH3 is 2. The number of fused-ring (bicyclic) bond motifs is 1. The molecule has 0 bridgehead atoms. The SMILES string of the molecule is COc1cc2nc(C3CCC3)nc(O)c2cc1OC. The molecular formula is C14H16N2O3. The van der Waals surface area contributed by atoms with Gasteiger partial charge in [0.25, 0.3) is 0 Å². The highest BCUT2D eigenvalue weighted by molar-refractivity contribution is 5.86. The second-order valence-corrected chi connectivity index (χ2v) is 4.76. The Balaban J connectivity index is 2.17. The predicted octanol–water partition coefficient (Wildman–Crippen LogP) is 2.62. The molecule has 0 unspecified atom stereocenters. The van der Waals surface area contributed by atoms with Gasteiger partial charge in [0.05, 0.1) is 25.1 Å². The highest BCUT2D eigenvalue weighted by Crippen LogP contribution is 2.38. The molecule has 5 nitrogen and oxygen atoms in total. The van der Waals surface area contributed by atoms with Crippen LogP contribution in [-0.2, 0) is 0 Å². The molecule has 1 heterocycles. The van der Waals surface area contributed by atoms with Crippen LogP contribution >= 0.6 is 0 Å². The Bertz CT molecular complexity index is 624. The van der Waals surface area contributed by atoms with Crippen molar-refractivity contribution in [2.24, 2.45) is 0 Å². The van der Waals surface area contributed by atoms with Crippen LogP contribution in [-0.4, -0.2) is 29.3 Å². The lowest BCUT2D eigenvalue weighted by molar-refractivity contribution is 0.355. The van der Waals surface area contributed by atoms with Gasteiger partial charge in [0.15, 0.2) is 11.5 Å². The summed E-state index contributed by atoms with van der Waals surface area (Å²) < 4.78 is 10.5. The fourth-order valence-electron chi connectivity index (χ4n) is 2.31. The normalized spacial score (nSPS) is 15.3. The minimum Gasteiger partial charge on any atom is -0.493 e. The van der Waals surface area contributed by atoms with Crippen molar-refractivity contribution in [3.63, 3.8) is 0 Å². The van der Waals surface area contributed by atoms with Crippen LogP contribution in [0.4, 0.5) is 0 Å². The van der Waals surface area contributed by atoms with Crippen LogP contribution in [0.3, 0.4) is 0 Å². The molecule has 0 radical (unpaired) electrons. The van der Waals surface area contributed by atoms with Crippen molar-refractivity contribution in [1.29, 1.82) is 0 Å². The molecule has 5 heteroatoms. The third kappa shape index (κ3) is 1.95. The molecule has 1 aromatic carbocycles. The minimum absolute atomic E-state index is 0.00727. The topological polar surface area (TPSA) is 64.5 Å². The molecular weight excluding hydrogens is 244 g/mol. The number of aromatic hydroxyl groups is 1. The van der Waals surface area contributed by atoms with E-state index in [2.05, 4.69) is 9.97 Å². The van der Waals surface area contributed by atoms with Crippen molar-refractivity contribution in [3.8, 4) is 17.4 Å². The Morgan fingerprint density at radius 3 is 2.37 bits per heavy atom. The third-order valence-electron chi connectivity index (χ3n) is 3.67. The van der Waals surface area contributed by atoms with E-state index in [4.69, 9.17) is 9.47 Å². The van der Waals surface area contributed by atoms with Crippen molar-refractivity contribution in [1.82, 2.24) is 9.97 Å². The zero-order valence-corrected chi connectivity index (χ0v) is 11.0. The van der Waals surface area contributed by atoms with Crippen LogP contribution in [0.5, 0.6) is 17.4 Å². The summed E-state index contributed by atoms with van der Waals surface area (Å²) >= 11 is 0. The zero-order chi connectivity index (χ0) is 13.4. The van der Waals surface area contributed by atoms with Gasteiger partial charge in [0.2, 0.25) is 5.88 Å². The molecule has 0 amide bonds. The van der Waals surface area contributed by atoms with E-state index in [0.29, 0.717) is 28.3 Å². The summed E-state index contributed by atoms with van der Waals surface area (Å²) in [5.41, 5.74) is 0.687. The van der Waals surface area contributed by atoms with E-state index in [1.807, 2.05) is 0 Å². The fourth-order valence-corrected chi connectivity index (χ4v) is 2.31. The van der Waals surface area contributed by atoms with Crippen molar-refractivity contribution in [2.45, 2.75) is 25.2 Å². The van der Waals surface area contributed by atoms with E-state index in [9.17, 15) is 5.11 Å². The van der Waals surface area contributed by atoms with E-state index >= 15 is 0 Å². The van der Waals surface area contributed by atoms with Gasteiger partial charge < -0.3 is 14.6 Å². The maximum absolute atomic E-state index is 10.1. The summed E-state index contributed by atoms with van der Waals surface area (Å²) in [4.78, 5) is 8.74. The van der Waals surface area contributed by atoms with E-state index in [1.165, 1.54) is 6.42 Å². The molecule has 1 aliphatic carbocycles.